The number of carbonyl (C=O) groups excluding carboxylic acids is 1. The van der Waals surface area contributed by atoms with Crippen molar-refractivity contribution in [2.75, 3.05) is 15.8 Å². The molecule has 0 spiro atoms. The molecule has 6 nitrogen and oxygen atoms in total. The molecule has 2 aromatic rings. The number of hydrogen-bond acceptors (Lipinski definition) is 4. The van der Waals surface area contributed by atoms with Gasteiger partial charge in [-0.1, -0.05) is 13.0 Å². The van der Waals surface area contributed by atoms with Crippen LogP contribution in [0.5, 0.6) is 0 Å². The van der Waals surface area contributed by atoms with Gasteiger partial charge in [-0.2, -0.15) is 0 Å². The number of carbonyl (C=O) groups is 1. The Hall–Kier alpha value is -1.99. The molecule has 0 saturated heterocycles. The summed E-state index contributed by atoms with van der Waals surface area (Å²) in [6, 6.07) is 9.31. The molecular formula is C14H15ClN2O4S. The van der Waals surface area contributed by atoms with Crippen LogP contribution < -0.4 is 10.0 Å². The van der Waals surface area contributed by atoms with Crippen LogP contribution in [0.2, 0.25) is 5.22 Å². The van der Waals surface area contributed by atoms with E-state index in [1.165, 1.54) is 18.2 Å². The Kier molecular flexibility index (Phi) is 5.10. The van der Waals surface area contributed by atoms with Gasteiger partial charge in [0.1, 0.15) is 0 Å². The number of anilines is 2. The molecule has 0 unspecified atom stereocenters. The second-order valence-corrected chi connectivity index (χ2v) is 6.77. The Morgan fingerprint density at radius 1 is 1.23 bits per heavy atom. The first kappa shape index (κ1) is 16.4. The number of hydrogen-bond donors (Lipinski definition) is 2. The highest BCUT2D eigenvalue weighted by Gasteiger charge is 2.12. The Bertz CT molecular complexity index is 771. The molecule has 118 valence electrons. The molecular weight excluding hydrogens is 328 g/mol. The third-order valence-corrected chi connectivity index (χ3v) is 4.36. The van der Waals surface area contributed by atoms with Gasteiger partial charge in [-0.05, 0) is 48.4 Å². The first-order valence-corrected chi connectivity index (χ1v) is 8.60. The van der Waals surface area contributed by atoms with Crippen LogP contribution in [0.3, 0.4) is 0 Å². The second-order valence-electron chi connectivity index (χ2n) is 4.56. The number of nitrogens with one attached hydrogen (secondary N) is 2. The summed E-state index contributed by atoms with van der Waals surface area (Å²) in [5, 5.41) is 2.72. The van der Waals surface area contributed by atoms with Gasteiger partial charge >= 0.3 is 0 Å². The molecule has 1 amide bonds. The molecule has 0 atom stereocenters. The lowest BCUT2D eigenvalue weighted by Gasteiger charge is -2.09. The number of sulfonamides is 1. The predicted octanol–water partition coefficient (Wildman–Crippen LogP) is 3.34. The molecule has 0 bridgehead atoms. The van der Waals surface area contributed by atoms with Crippen molar-refractivity contribution < 1.29 is 17.6 Å². The van der Waals surface area contributed by atoms with Crippen molar-refractivity contribution in [1.82, 2.24) is 0 Å². The molecule has 2 rings (SSSR count). The Morgan fingerprint density at radius 2 is 1.95 bits per heavy atom. The minimum Gasteiger partial charge on any atom is -0.440 e. The zero-order chi connectivity index (χ0) is 16.2. The van der Waals surface area contributed by atoms with Crippen molar-refractivity contribution in [3.05, 3.63) is 47.4 Å². The number of amides is 1. The molecule has 1 aromatic carbocycles. The van der Waals surface area contributed by atoms with E-state index in [9.17, 15) is 13.2 Å². The maximum atomic E-state index is 11.9. The van der Waals surface area contributed by atoms with Crippen LogP contribution in [0.25, 0.3) is 0 Å². The van der Waals surface area contributed by atoms with Crippen molar-refractivity contribution >= 4 is 38.9 Å². The average Bonchev–Trinajstić information content (AvgIpc) is 2.85. The predicted molar refractivity (Wildman–Crippen MR) is 85.8 cm³/mol. The minimum absolute atomic E-state index is 0.0362. The molecule has 0 aliphatic heterocycles. The van der Waals surface area contributed by atoms with E-state index in [-0.39, 0.29) is 16.7 Å². The summed E-state index contributed by atoms with van der Waals surface area (Å²) in [5.74, 6) is -0.364. The average molecular weight is 343 g/mol. The SMILES string of the molecule is CCCS(=O)(=O)Nc1cccc(NC(=O)c2ccc(Cl)o2)c1. The Morgan fingerprint density at radius 3 is 2.59 bits per heavy atom. The van der Waals surface area contributed by atoms with E-state index < -0.39 is 15.9 Å². The maximum absolute atomic E-state index is 11.9. The van der Waals surface area contributed by atoms with E-state index in [0.717, 1.165) is 0 Å². The van der Waals surface area contributed by atoms with E-state index in [0.29, 0.717) is 17.8 Å². The Labute approximate surface area is 133 Å². The van der Waals surface area contributed by atoms with Gasteiger partial charge in [-0.15, -0.1) is 0 Å². The third kappa shape index (κ3) is 4.51. The van der Waals surface area contributed by atoms with Crippen LogP contribution in [0.4, 0.5) is 11.4 Å². The smallest absolute Gasteiger partial charge is 0.291 e. The summed E-state index contributed by atoms with van der Waals surface area (Å²) < 4.78 is 30.9. The van der Waals surface area contributed by atoms with E-state index in [4.69, 9.17) is 16.0 Å². The quantitative estimate of drug-likeness (QED) is 0.842. The Balaban J connectivity index is 2.10. The zero-order valence-corrected chi connectivity index (χ0v) is 13.4. The molecule has 1 heterocycles. The molecule has 0 aliphatic rings. The van der Waals surface area contributed by atoms with Gasteiger partial charge in [0.05, 0.1) is 11.4 Å². The largest absolute Gasteiger partial charge is 0.440 e. The molecule has 2 N–H and O–H groups in total. The third-order valence-electron chi connectivity index (χ3n) is 2.66. The molecule has 8 heteroatoms. The van der Waals surface area contributed by atoms with Gasteiger partial charge in [-0.3, -0.25) is 9.52 Å². The van der Waals surface area contributed by atoms with E-state index in [1.54, 1.807) is 25.1 Å². The molecule has 22 heavy (non-hydrogen) atoms. The van der Waals surface area contributed by atoms with Crippen LogP contribution in [0.1, 0.15) is 23.9 Å². The van der Waals surface area contributed by atoms with E-state index in [2.05, 4.69) is 10.0 Å². The zero-order valence-electron chi connectivity index (χ0n) is 11.8. The standard InChI is InChI=1S/C14H15ClN2O4S/c1-2-8-22(19,20)17-11-5-3-4-10(9-11)16-14(18)12-6-7-13(15)21-12/h3-7,9,17H,2,8H2,1H3,(H,16,18). The summed E-state index contributed by atoms with van der Waals surface area (Å²) >= 11 is 5.61. The summed E-state index contributed by atoms with van der Waals surface area (Å²) in [4.78, 5) is 11.9. The van der Waals surface area contributed by atoms with Crippen molar-refractivity contribution in [3.8, 4) is 0 Å². The van der Waals surface area contributed by atoms with Gasteiger partial charge in [0, 0.05) is 5.69 Å². The van der Waals surface area contributed by atoms with Crippen LogP contribution in [-0.4, -0.2) is 20.1 Å². The second kappa shape index (κ2) is 6.85. The monoisotopic (exact) mass is 342 g/mol. The van der Waals surface area contributed by atoms with Gasteiger partial charge < -0.3 is 9.73 Å². The summed E-state index contributed by atoms with van der Waals surface area (Å²) in [7, 11) is -3.38. The first-order valence-electron chi connectivity index (χ1n) is 6.57. The van der Waals surface area contributed by atoms with Gasteiger partial charge in [0.15, 0.2) is 11.0 Å². The highest BCUT2D eigenvalue weighted by molar-refractivity contribution is 7.92. The summed E-state index contributed by atoms with van der Waals surface area (Å²) in [5.41, 5.74) is 0.818. The minimum atomic E-state index is -3.38. The number of halogens is 1. The highest BCUT2D eigenvalue weighted by Crippen LogP contribution is 2.19. The lowest BCUT2D eigenvalue weighted by molar-refractivity contribution is 0.0997. The fourth-order valence-corrected chi connectivity index (χ4v) is 3.06. The van der Waals surface area contributed by atoms with Crippen molar-refractivity contribution in [2.45, 2.75) is 13.3 Å². The summed E-state index contributed by atoms with van der Waals surface area (Å²) in [6.45, 7) is 1.78. The van der Waals surface area contributed by atoms with Crippen molar-refractivity contribution in [2.24, 2.45) is 0 Å². The highest BCUT2D eigenvalue weighted by atomic mass is 35.5. The maximum Gasteiger partial charge on any atom is 0.291 e. The van der Waals surface area contributed by atoms with Gasteiger partial charge in [0.25, 0.3) is 5.91 Å². The lowest BCUT2D eigenvalue weighted by Crippen LogP contribution is -2.16. The lowest BCUT2D eigenvalue weighted by atomic mass is 10.3. The topological polar surface area (TPSA) is 88.4 Å². The van der Waals surface area contributed by atoms with E-state index in [1.807, 2.05) is 0 Å². The van der Waals surface area contributed by atoms with E-state index >= 15 is 0 Å². The van der Waals surface area contributed by atoms with Crippen LogP contribution in [0, 0.1) is 0 Å². The van der Waals surface area contributed by atoms with Gasteiger partial charge in [0.2, 0.25) is 10.0 Å². The number of furan rings is 1. The van der Waals surface area contributed by atoms with Crippen molar-refractivity contribution in [3.63, 3.8) is 0 Å². The molecule has 0 radical (unpaired) electrons. The fourth-order valence-electron chi connectivity index (χ4n) is 1.79. The fraction of sp³-hybridized carbons (Fsp3) is 0.214. The molecule has 0 aliphatic carbocycles. The van der Waals surface area contributed by atoms with Crippen LogP contribution in [0.15, 0.2) is 40.8 Å². The van der Waals surface area contributed by atoms with Crippen LogP contribution in [-0.2, 0) is 10.0 Å². The summed E-state index contributed by atoms with van der Waals surface area (Å²) in [6.07, 6.45) is 0.519. The number of benzene rings is 1. The molecule has 0 fully saturated rings. The molecule has 0 saturated carbocycles. The normalized spacial score (nSPS) is 11.2. The van der Waals surface area contributed by atoms with Gasteiger partial charge in [-0.25, -0.2) is 8.42 Å². The number of rotatable bonds is 6. The van der Waals surface area contributed by atoms with Crippen molar-refractivity contribution in [1.29, 1.82) is 0 Å². The molecule has 1 aromatic heterocycles. The first-order chi connectivity index (χ1) is 10.4. The van der Waals surface area contributed by atoms with Crippen LogP contribution >= 0.6 is 11.6 Å².